The van der Waals surface area contributed by atoms with E-state index in [0.717, 1.165) is 55.1 Å². The number of aromatic nitrogens is 2. The van der Waals surface area contributed by atoms with Crippen molar-refractivity contribution >= 4 is 17.5 Å². The van der Waals surface area contributed by atoms with E-state index in [1.807, 2.05) is 18.2 Å². The third-order valence-electron chi connectivity index (χ3n) is 5.52. The summed E-state index contributed by atoms with van der Waals surface area (Å²) in [7, 11) is 0. The molecule has 3 aromatic rings. The predicted molar refractivity (Wildman–Crippen MR) is 124 cm³/mol. The summed E-state index contributed by atoms with van der Waals surface area (Å²) in [4.78, 5) is 11.7. The topological polar surface area (TPSA) is 76.9 Å². The molecular weight excluding hydrogens is 403 g/mol. The lowest BCUT2D eigenvalue weighted by atomic mass is 10.2. The van der Waals surface area contributed by atoms with Gasteiger partial charge < -0.3 is 15.5 Å². The maximum absolute atomic E-state index is 13.4. The monoisotopic (exact) mass is 430 g/mol. The normalized spacial score (nSPS) is 15.5. The summed E-state index contributed by atoms with van der Waals surface area (Å²) in [6.45, 7) is 4.50. The number of halogens is 1. The van der Waals surface area contributed by atoms with Gasteiger partial charge in [-0.3, -0.25) is 0 Å². The Kier molecular flexibility index (Phi) is 6.93. The third kappa shape index (κ3) is 5.59. The average Bonchev–Trinajstić information content (AvgIpc) is 3.27. The molecular formula is C25H27FN6. The maximum atomic E-state index is 13.4. The maximum Gasteiger partial charge on any atom is 0.229 e. The van der Waals surface area contributed by atoms with E-state index in [-0.39, 0.29) is 5.82 Å². The first-order valence-corrected chi connectivity index (χ1v) is 11.0. The van der Waals surface area contributed by atoms with E-state index in [0.29, 0.717) is 24.1 Å². The molecule has 2 heterocycles. The molecule has 6 nitrogen and oxygen atoms in total. The first kappa shape index (κ1) is 21.7. The predicted octanol–water partition coefficient (Wildman–Crippen LogP) is 4.55. The van der Waals surface area contributed by atoms with Gasteiger partial charge in [-0.05, 0) is 48.7 Å². The van der Waals surface area contributed by atoms with Crippen LogP contribution in [-0.2, 0) is 13.0 Å². The van der Waals surface area contributed by atoms with E-state index >= 15 is 0 Å². The number of nitrogens with zero attached hydrogens (tertiary/aromatic N) is 4. The van der Waals surface area contributed by atoms with Crippen LogP contribution in [0.15, 0.2) is 54.6 Å². The number of aryl methyl sites for hydroxylation is 1. The second-order valence-corrected chi connectivity index (χ2v) is 8.05. The minimum Gasteiger partial charge on any atom is -0.355 e. The number of nitrogens with one attached hydrogen (secondary N) is 2. The first-order chi connectivity index (χ1) is 15.6. The number of benzene rings is 2. The molecule has 1 aliphatic heterocycles. The second-order valence-electron chi connectivity index (χ2n) is 8.05. The molecule has 1 saturated heterocycles. The van der Waals surface area contributed by atoms with Crippen molar-refractivity contribution in [2.24, 2.45) is 0 Å². The van der Waals surface area contributed by atoms with Crippen LogP contribution >= 0.6 is 0 Å². The fourth-order valence-electron chi connectivity index (χ4n) is 3.92. The van der Waals surface area contributed by atoms with Gasteiger partial charge in [-0.15, -0.1) is 0 Å². The lowest BCUT2D eigenvalue weighted by molar-refractivity contribution is 0.548. The Hall–Kier alpha value is -3.50. The van der Waals surface area contributed by atoms with Crippen LogP contribution in [0.3, 0.4) is 0 Å². The zero-order valence-corrected chi connectivity index (χ0v) is 18.2. The van der Waals surface area contributed by atoms with Crippen molar-refractivity contribution in [1.29, 1.82) is 5.26 Å². The van der Waals surface area contributed by atoms with Crippen molar-refractivity contribution in [3.63, 3.8) is 0 Å². The van der Waals surface area contributed by atoms with Gasteiger partial charge in [-0.1, -0.05) is 31.5 Å². The van der Waals surface area contributed by atoms with Gasteiger partial charge in [0.2, 0.25) is 5.95 Å². The molecule has 0 spiro atoms. The fourth-order valence-corrected chi connectivity index (χ4v) is 3.92. The van der Waals surface area contributed by atoms with Crippen molar-refractivity contribution < 1.29 is 4.39 Å². The van der Waals surface area contributed by atoms with Gasteiger partial charge in [0.25, 0.3) is 0 Å². The Morgan fingerprint density at radius 3 is 2.84 bits per heavy atom. The second kappa shape index (κ2) is 10.2. The Morgan fingerprint density at radius 1 is 1.16 bits per heavy atom. The fraction of sp³-hybridized carbons (Fsp3) is 0.320. The Labute approximate surface area is 188 Å². The number of rotatable bonds is 8. The molecule has 2 N–H and O–H groups in total. The number of hydrogen-bond acceptors (Lipinski definition) is 6. The van der Waals surface area contributed by atoms with E-state index in [4.69, 9.17) is 10.2 Å². The minimum absolute atomic E-state index is 0.206. The van der Waals surface area contributed by atoms with Gasteiger partial charge in [0.15, 0.2) is 0 Å². The molecule has 0 amide bonds. The SMILES string of the molecule is CCCc1cc(N2CC[C@H](NCc3cccc(F)c3)C2)nc(Nc2cccc(C#N)c2)n1. The lowest BCUT2D eigenvalue weighted by Gasteiger charge is -2.20. The zero-order chi connectivity index (χ0) is 22.3. The molecule has 4 rings (SSSR count). The summed E-state index contributed by atoms with van der Waals surface area (Å²) < 4.78 is 13.4. The van der Waals surface area contributed by atoms with Gasteiger partial charge in [-0.25, -0.2) is 9.37 Å². The first-order valence-electron chi connectivity index (χ1n) is 11.0. The van der Waals surface area contributed by atoms with Crippen LogP contribution < -0.4 is 15.5 Å². The van der Waals surface area contributed by atoms with Crippen LogP contribution in [0.25, 0.3) is 0 Å². The average molecular weight is 431 g/mol. The van der Waals surface area contributed by atoms with Crippen LogP contribution in [-0.4, -0.2) is 29.1 Å². The van der Waals surface area contributed by atoms with Crippen LogP contribution in [0.4, 0.5) is 21.8 Å². The highest BCUT2D eigenvalue weighted by Gasteiger charge is 2.24. The number of nitriles is 1. The van der Waals surface area contributed by atoms with Gasteiger partial charge in [0, 0.05) is 43.1 Å². The van der Waals surface area contributed by atoms with E-state index in [2.05, 4.69) is 39.6 Å². The molecule has 2 aromatic carbocycles. The number of hydrogen-bond donors (Lipinski definition) is 2. The summed E-state index contributed by atoms with van der Waals surface area (Å²) >= 11 is 0. The van der Waals surface area contributed by atoms with Crippen LogP contribution in [0.5, 0.6) is 0 Å². The highest BCUT2D eigenvalue weighted by atomic mass is 19.1. The van der Waals surface area contributed by atoms with Crippen molar-refractivity contribution in [2.75, 3.05) is 23.3 Å². The quantitative estimate of drug-likeness (QED) is 0.546. The minimum atomic E-state index is -0.206. The summed E-state index contributed by atoms with van der Waals surface area (Å²) in [6, 6.07) is 18.5. The largest absolute Gasteiger partial charge is 0.355 e. The van der Waals surface area contributed by atoms with Gasteiger partial charge in [0.05, 0.1) is 11.6 Å². The van der Waals surface area contributed by atoms with Crippen molar-refractivity contribution in [2.45, 2.75) is 38.8 Å². The van der Waals surface area contributed by atoms with Crippen molar-refractivity contribution in [3.05, 3.63) is 77.2 Å². The molecule has 1 atom stereocenters. The molecule has 1 aliphatic rings. The summed E-state index contributed by atoms with van der Waals surface area (Å²) in [6.07, 6.45) is 2.87. The smallest absolute Gasteiger partial charge is 0.229 e. The van der Waals surface area contributed by atoms with E-state index in [9.17, 15) is 4.39 Å². The third-order valence-corrected chi connectivity index (χ3v) is 5.52. The summed E-state index contributed by atoms with van der Waals surface area (Å²) in [5, 5.41) is 15.9. The highest BCUT2D eigenvalue weighted by molar-refractivity contribution is 5.58. The molecule has 1 fully saturated rings. The molecule has 0 saturated carbocycles. The Morgan fingerprint density at radius 2 is 2.03 bits per heavy atom. The molecule has 1 aromatic heterocycles. The van der Waals surface area contributed by atoms with E-state index < -0.39 is 0 Å². The van der Waals surface area contributed by atoms with Crippen LogP contribution in [0.1, 0.15) is 36.6 Å². The molecule has 0 radical (unpaired) electrons. The standard InChI is InChI=1S/C25H27FN6/c1-2-5-21-14-24(31-25(29-21)30-22-9-4-6-18(13-22)15-27)32-11-10-23(17-32)28-16-19-7-3-8-20(26)12-19/h3-4,6-9,12-14,23,28H,2,5,10-11,16-17H2,1H3,(H,29,30,31)/t23-/m0/s1. The molecule has 7 heteroatoms. The Balaban J connectivity index is 1.45. The molecule has 0 unspecified atom stereocenters. The van der Waals surface area contributed by atoms with Gasteiger partial charge >= 0.3 is 0 Å². The van der Waals surface area contributed by atoms with Crippen molar-refractivity contribution in [1.82, 2.24) is 15.3 Å². The van der Waals surface area contributed by atoms with Crippen LogP contribution in [0, 0.1) is 17.1 Å². The molecule has 0 bridgehead atoms. The van der Waals surface area contributed by atoms with Crippen molar-refractivity contribution in [3.8, 4) is 6.07 Å². The number of anilines is 3. The van der Waals surface area contributed by atoms with Crippen LogP contribution in [0.2, 0.25) is 0 Å². The van der Waals surface area contributed by atoms with Gasteiger partial charge in [-0.2, -0.15) is 10.2 Å². The zero-order valence-electron chi connectivity index (χ0n) is 18.2. The highest BCUT2D eigenvalue weighted by Crippen LogP contribution is 2.23. The van der Waals surface area contributed by atoms with E-state index in [1.54, 1.807) is 24.3 Å². The lowest BCUT2D eigenvalue weighted by Crippen LogP contribution is -2.32. The van der Waals surface area contributed by atoms with Gasteiger partial charge in [0.1, 0.15) is 11.6 Å². The van der Waals surface area contributed by atoms with E-state index in [1.165, 1.54) is 6.07 Å². The summed E-state index contributed by atoms with van der Waals surface area (Å²) in [5.74, 6) is 1.23. The molecule has 32 heavy (non-hydrogen) atoms. The Bertz CT molecular complexity index is 1110. The molecule has 164 valence electrons. The molecule has 0 aliphatic carbocycles. The summed E-state index contributed by atoms with van der Waals surface area (Å²) in [5.41, 5.74) is 3.32.